The molecule has 0 saturated carbocycles. The number of rotatable bonds is 9. The summed E-state index contributed by atoms with van der Waals surface area (Å²) in [5.74, 6) is -0.547. The van der Waals surface area contributed by atoms with Gasteiger partial charge in [0.1, 0.15) is 5.75 Å². The van der Waals surface area contributed by atoms with Gasteiger partial charge in [0.15, 0.2) is 6.23 Å². The van der Waals surface area contributed by atoms with Crippen molar-refractivity contribution in [1.82, 2.24) is 10.0 Å². The summed E-state index contributed by atoms with van der Waals surface area (Å²) in [7, 11) is -3.86. The van der Waals surface area contributed by atoms with Gasteiger partial charge in [0.2, 0.25) is 10.0 Å². The van der Waals surface area contributed by atoms with Gasteiger partial charge in [-0.05, 0) is 60.9 Å². The Morgan fingerprint density at radius 2 is 1.89 bits per heavy atom. The molecule has 3 N–H and O–H groups in total. The number of hydrogen-bond donors (Lipinski definition) is 3. The third kappa shape index (κ3) is 7.58. The molecule has 1 unspecified atom stereocenters. The van der Waals surface area contributed by atoms with E-state index in [1.807, 2.05) is 17.7 Å². The van der Waals surface area contributed by atoms with E-state index in [1.54, 1.807) is 36.4 Å². The summed E-state index contributed by atoms with van der Waals surface area (Å²) in [6.45, 7) is 1.90. The first kappa shape index (κ1) is 26.8. The van der Waals surface area contributed by atoms with Crippen LogP contribution < -0.4 is 14.8 Å². The molecule has 12 heteroatoms. The molecule has 1 atom stereocenters. The molecule has 0 fully saturated rings. The molecular formula is C23H25F3N2O5S2. The Morgan fingerprint density at radius 1 is 1.20 bits per heavy atom. The standard InChI is InChI=1S/C23H25F3N2O5S2/c1-3-16-9-10-19(34-16)17-13-18(27-21(29)20(17)22(30)28-35(2,31)32)14-5-7-15(8-6-14)33-12-4-11-23(24,25)26/h5-10,13,21,27,29H,3-4,11-12H2,1-2H3,(H,28,30). The third-order valence-electron chi connectivity index (χ3n) is 4.98. The lowest BCUT2D eigenvalue weighted by atomic mass is 9.97. The number of thiophene rings is 1. The topological polar surface area (TPSA) is 105 Å². The van der Waals surface area contributed by atoms with E-state index in [0.29, 0.717) is 27.5 Å². The van der Waals surface area contributed by atoms with Gasteiger partial charge in [-0.15, -0.1) is 11.3 Å². The van der Waals surface area contributed by atoms with E-state index in [2.05, 4.69) is 5.32 Å². The van der Waals surface area contributed by atoms with Crippen LogP contribution >= 0.6 is 11.3 Å². The SMILES string of the molecule is CCc1ccc(C2=C(C(=O)NS(C)(=O)=O)C(O)NC(c3ccc(OCCCC(F)(F)F)cc3)=C2)s1. The highest BCUT2D eigenvalue weighted by atomic mass is 32.2. The number of carbonyl (C=O) groups is 1. The number of sulfonamides is 1. The zero-order valence-electron chi connectivity index (χ0n) is 19.0. The number of nitrogens with one attached hydrogen (secondary N) is 2. The van der Waals surface area contributed by atoms with Crippen LogP contribution in [-0.4, -0.2) is 44.7 Å². The molecule has 2 aromatic rings. The van der Waals surface area contributed by atoms with Crippen molar-refractivity contribution in [2.75, 3.05) is 12.9 Å². The van der Waals surface area contributed by atoms with Crippen molar-refractivity contribution in [1.29, 1.82) is 0 Å². The second-order valence-electron chi connectivity index (χ2n) is 7.85. The monoisotopic (exact) mass is 530 g/mol. The first-order chi connectivity index (χ1) is 16.4. The van der Waals surface area contributed by atoms with Crippen molar-refractivity contribution in [3.05, 3.63) is 63.4 Å². The van der Waals surface area contributed by atoms with E-state index in [1.165, 1.54) is 11.3 Å². The van der Waals surface area contributed by atoms with Crippen molar-refractivity contribution < 1.29 is 36.2 Å². The van der Waals surface area contributed by atoms with Crippen LogP contribution in [0.2, 0.25) is 0 Å². The zero-order valence-corrected chi connectivity index (χ0v) is 20.6. The minimum Gasteiger partial charge on any atom is -0.494 e. The largest absolute Gasteiger partial charge is 0.494 e. The molecule has 1 amide bonds. The number of alkyl halides is 3. The molecule has 0 saturated heterocycles. The van der Waals surface area contributed by atoms with Crippen LogP contribution in [0, 0.1) is 0 Å². The van der Waals surface area contributed by atoms with E-state index < -0.39 is 34.8 Å². The highest BCUT2D eigenvalue weighted by molar-refractivity contribution is 7.89. The van der Waals surface area contributed by atoms with Gasteiger partial charge in [0.05, 0.1) is 18.4 Å². The van der Waals surface area contributed by atoms with Crippen molar-refractivity contribution in [3.8, 4) is 5.75 Å². The smallest absolute Gasteiger partial charge is 0.389 e. The average Bonchev–Trinajstić information content (AvgIpc) is 3.24. The number of benzene rings is 1. The summed E-state index contributed by atoms with van der Waals surface area (Å²) < 4.78 is 67.3. The predicted molar refractivity (Wildman–Crippen MR) is 128 cm³/mol. The minimum atomic E-state index is -4.23. The summed E-state index contributed by atoms with van der Waals surface area (Å²) in [5.41, 5.74) is 1.34. The first-order valence-electron chi connectivity index (χ1n) is 10.7. The number of allylic oxidation sites excluding steroid dienone is 2. The fraction of sp³-hybridized carbons (Fsp3) is 0.348. The Morgan fingerprint density at radius 3 is 2.46 bits per heavy atom. The lowest BCUT2D eigenvalue weighted by molar-refractivity contribution is -0.136. The fourth-order valence-corrected chi connectivity index (χ4v) is 4.80. The first-order valence-corrected chi connectivity index (χ1v) is 13.4. The minimum absolute atomic E-state index is 0.0810. The van der Waals surface area contributed by atoms with Gasteiger partial charge in [-0.1, -0.05) is 6.92 Å². The van der Waals surface area contributed by atoms with Crippen LogP contribution in [0.15, 0.2) is 48.0 Å². The van der Waals surface area contributed by atoms with E-state index >= 15 is 0 Å². The molecule has 2 heterocycles. The average molecular weight is 531 g/mol. The van der Waals surface area contributed by atoms with Gasteiger partial charge >= 0.3 is 6.18 Å². The van der Waals surface area contributed by atoms with Crippen LogP contribution in [0.4, 0.5) is 13.2 Å². The van der Waals surface area contributed by atoms with Crippen LogP contribution in [0.3, 0.4) is 0 Å². The number of halogens is 3. The van der Waals surface area contributed by atoms with E-state index in [4.69, 9.17) is 4.74 Å². The van der Waals surface area contributed by atoms with Crippen molar-refractivity contribution >= 4 is 38.5 Å². The van der Waals surface area contributed by atoms with Gasteiger partial charge in [-0.2, -0.15) is 13.2 Å². The normalized spacial score (nSPS) is 16.5. The van der Waals surface area contributed by atoms with E-state index in [0.717, 1.165) is 17.6 Å². The predicted octanol–water partition coefficient (Wildman–Crippen LogP) is 3.82. The molecule has 7 nitrogen and oxygen atoms in total. The Bertz CT molecular complexity index is 1230. The van der Waals surface area contributed by atoms with Crippen LogP contribution in [0.5, 0.6) is 5.75 Å². The molecule has 3 rings (SSSR count). The molecule has 1 aromatic heterocycles. The van der Waals surface area contributed by atoms with Crippen LogP contribution in [0.25, 0.3) is 11.3 Å². The van der Waals surface area contributed by atoms with Gasteiger partial charge in [0.25, 0.3) is 5.91 Å². The Hall–Kier alpha value is -2.83. The fourth-order valence-electron chi connectivity index (χ4n) is 3.38. The molecule has 0 spiro atoms. The molecular weight excluding hydrogens is 505 g/mol. The van der Waals surface area contributed by atoms with E-state index in [-0.39, 0.29) is 18.6 Å². The van der Waals surface area contributed by atoms with E-state index in [9.17, 15) is 31.5 Å². The highest BCUT2D eigenvalue weighted by Gasteiger charge is 2.30. The summed E-state index contributed by atoms with van der Waals surface area (Å²) in [6, 6.07) is 10.2. The number of ether oxygens (including phenoxy) is 1. The molecule has 1 aliphatic rings. The summed E-state index contributed by atoms with van der Waals surface area (Å²) in [6.07, 6.45) is -3.53. The maximum atomic E-state index is 12.7. The lowest BCUT2D eigenvalue weighted by Gasteiger charge is -2.26. The lowest BCUT2D eigenvalue weighted by Crippen LogP contribution is -2.41. The maximum Gasteiger partial charge on any atom is 0.389 e. The molecule has 0 radical (unpaired) electrons. The second-order valence-corrected chi connectivity index (χ2v) is 10.8. The number of aryl methyl sites for hydroxylation is 1. The number of dihydropyridines is 1. The quantitative estimate of drug-likeness (QED) is 0.426. The molecule has 1 aliphatic heterocycles. The van der Waals surface area contributed by atoms with Gasteiger partial charge in [0, 0.05) is 27.4 Å². The van der Waals surface area contributed by atoms with Gasteiger partial charge < -0.3 is 15.2 Å². The third-order valence-corrected chi connectivity index (χ3v) is 6.80. The number of amides is 1. The highest BCUT2D eigenvalue weighted by Crippen LogP contribution is 2.34. The van der Waals surface area contributed by atoms with Gasteiger partial charge in [-0.3, -0.25) is 4.79 Å². The molecule has 1 aromatic carbocycles. The molecule has 0 aliphatic carbocycles. The number of aliphatic hydroxyl groups is 1. The van der Waals surface area contributed by atoms with Crippen molar-refractivity contribution in [3.63, 3.8) is 0 Å². The Labute approximate surface area is 205 Å². The van der Waals surface area contributed by atoms with Crippen molar-refractivity contribution in [2.24, 2.45) is 0 Å². The molecule has 35 heavy (non-hydrogen) atoms. The number of aliphatic hydroxyl groups excluding tert-OH is 1. The number of hydrogen-bond acceptors (Lipinski definition) is 7. The Balaban J connectivity index is 1.89. The summed E-state index contributed by atoms with van der Waals surface area (Å²) in [5, 5.41) is 13.6. The summed E-state index contributed by atoms with van der Waals surface area (Å²) in [4.78, 5) is 14.4. The maximum absolute atomic E-state index is 12.7. The van der Waals surface area contributed by atoms with Crippen LogP contribution in [0.1, 0.15) is 35.1 Å². The second kappa shape index (κ2) is 10.8. The van der Waals surface area contributed by atoms with Gasteiger partial charge in [-0.25, -0.2) is 13.1 Å². The number of carbonyl (C=O) groups excluding carboxylic acids is 1. The summed E-state index contributed by atoms with van der Waals surface area (Å²) >= 11 is 1.42. The molecule has 190 valence electrons. The van der Waals surface area contributed by atoms with Crippen LogP contribution in [-0.2, 0) is 21.2 Å². The Kier molecular flexibility index (Phi) is 8.29. The zero-order chi connectivity index (χ0) is 25.8. The van der Waals surface area contributed by atoms with Crippen molar-refractivity contribution in [2.45, 2.75) is 38.6 Å². The molecule has 0 bridgehead atoms.